The van der Waals surface area contributed by atoms with Crippen LogP contribution in [0.2, 0.25) is 5.02 Å². The molecule has 9 nitrogen and oxygen atoms in total. The maximum absolute atomic E-state index is 15.9. The Balaban J connectivity index is 1.56. The molecule has 3 N–H and O–H groups in total. The first-order chi connectivity index (χ1) is 17.7. The third kappa shape index (κ3) is 4.70. The molecule has 5 rings (SSSR count). The first-order valence-corrected chi connectivity index (χ1v) is 13.5. The van der Waals surface area contributed by atoms with E-state index in [2.05, 4.69) is 26.6 Å². The van der Waals surface area contributed by atoms with Crippen molar-refractivity contribution in [1.29, 1.82) is 0 Å². The number of nitrogens with two attached hydrogens (primary N) is 1. The molecule has 0 atom stereocenters. The molecule has 1 aliphatic heterocycles. The summed E-state index contributed by atoms with van der Waals surface area (Å²) in [6, 6.07) is 8.71. The van der Waals surface area contributed by atoms with Crippen LogP contribution >= 0.6 is 11.6 Å². The monoisotopic (exact) mass is 544 g/mol. The Morgan fingerprint density at radius 2 is 1.92 bits per heavy atom. The Morgan fingerprint density at radius 3 is 2.62 bits per heavy atom. The molecule has 0 saturated carbocycles. The molecule has 0 bridgehead atoms. The van der Waals surface area contributed by atoms with Gasteiger partial charge in [-0.05, 0) is 57.2 Å². The molecule has 0 spiro atoms. The lowest BCUT2D eigenvalue weighted by Gasteiger charge is -2.30. The quantitative estimate of drug-likeness (QED) is 0.366. The van der Waals surface area contributed by atoms with Crippen molar-refractivity contribution in [2.45, 2.75) is 23.8 Å². The number of aromatic nitrogens is 3. The van der Waals surface area contributed by atoms with Crippen LogP contribution in [-0.4, -0.2) is 55.1 Å². The fourth-order valence-electron chi connectivity index (χ4n) is 4.70. The van der Waals surface area contributed by atoms with Gasteiger partial charge in [0.1, 0.15) is 23.5 Å². The number of likely N-dealkylation sites (tertiary alicyclic amines) is 1. The van der Waals surface area contributed by atoms with Gasteiger partial charge in [-0.15, -0.1) is 0 Å². The van der Waals surface area contributed by atoms with Gasteiger partial charge in [0.2, 0.25) is 0 Å². The normalized spacial score (nSPS) is 15.2. The van der Waals surface area contributed by atoms with E-state index in [0.717, 1.165) is 25.9 Å². The number of hydrogen-bond acceptors (Lipinski definition) is 7. The smallest absolute Gasteiger partial charge is 0.262 e. The van der Waals surface area contributed by atoms with Crippen LogP contribution in [0.25, 0.3) is 22.2 Å². The number of sulfonamides is 1. The van der Waals surface area contributed by atoms with Crippen LogP contribution in [0.4, 0.5) is 15.9 Å². The van der Waals surface area contributed by atoms with Crippen molar-refractivity contribution in [1.82, 2.24) is 19.4 Å². The molecule has 1 saturated heterocycles. The van der Waals surface area contributed by atoms with Crippen molar-refractivity contribution < 1.29 is 17.5 Å². The SMILES string of the molecule is COc1ccc(S(=O)(=O)Nc2cccc(-c3cn(C4CCN(C)CC4)c4ncnc(N)c34)c2F)cc1Cl. The molecule has 12 heteroatoms. The molecule has 2 aromatic heterocycles. The number of nitrogen functional groups attached to an aromatic ring is 1. The zero-order chi connectivity index (χ0) is 26.3. The van der Waals surface area contributed by atoms with Crippen LogP contribution in [-0.2, 0) is 10.0 Å². The molecule has 1 fully saturated rings. The van der Waals surface area contributed by atoms with Crippen LogP contribution in [0.1, 0.15) is 18.9 Å². The maximum Gasteiger partial charge on any atom is 0.262 e. The molecule has 0 aliphatic carbocycles. The van der Waals surface area contributed by atoms with Gasteiger partial charge >= 0.3 is 0 Å². The number of rotatable bonds is 6. The number of benzene rings is 2. The number of methoxy groups -OCH3 is 1. The maximum atomic E-state index is 15.9. The molecule has 0 radical (unpaired) electrons. The number of anilines is 2. The van der Waals surface area contributed by atoms with E-state index in [1.165, 1.54) is 37.7 Å². The topological polar surface area (TPSA) is 115 Å². The van der Waals surface area contributed by atoms with Crippen LogP contribution in [0, 0.1) is 5.82 Å². The lowest BCUT2D eigenvalue weighted by molar-refractivity contribution is 0.224. The van der Waals surface area contributed by atoms with E-state index in [4.69, 9.17) is 22.1 Å². The Morgan fingerprint density at radius 1 is 1.16 bits per heavy atom. The van der Waals surface area contributed by atoms with Gasteiger partial charge in [0, 0.05) is 23.4 Å². The number of fused-ring (bicyclic) bond motifs is 1. The molecule has 1 aliphatic rings. The zero-order valence-corrected chi connectivity index (χ0v) is 21.9. The minimum absolute atomic E-state index is 0.122. The lowest BCUT2D eigenvalue weighted by atomic mass is 10.0. The third-order valence-electron chi connectivity index (χ3n) is 6.69. The van der Waals surface area contributed by atoms with Crippen LogP contribution < -0.4 is 15.2 Å². The van der Waals surface area contributed by atoms with E-state index in [0.29, 0.717) is 22.3 Å². The molecule has 2 aromatic carbocycles. The van der Waals surface area contributed by atoms with E-state index in [-0.39, 0.29) is 33.0 Å². The fraction of sp³-hybridized carbons (Fsp3) is 0.280. The Kier molecular flexibility index (Phi) is 6.69. The average molecular weight is 545 g/mol. The highest BCUT2D eigenvalue weighted by Gasteiger charge is 2.26. The number of nitrogens with zero attached hydrogens (tertiary/aromatic N) is 4. The van der Waals surface area contributed by atoms with Crippen molar-refractivity contribution in [2.24, 2.45) is 0 Å². The molecule has 37 heavy (non-hydrogen) atoms. The van der Waals surface area contributed by atoms with Crippen LogP contribution in [0.3, 0.4) is 0 Å². The van der Waals surface area contributed by atoms with Crippen molar-refractivity contribution in [3.63, 3.8) is 0 Å². The van der Waals surface area contributed by atoms with E-state index >= 15 is 4.39 Å². The van der Waals surface area contributed by atoms with E-state index in [1.807, 2.05) is 10.8 Å². The van der Waals surface area contributed by atoms with Gasteiger partial charge in [0.15, 0.2) is 5.82 Å². The highest BCUT2D eigenvalue weighted by atomic mass is 35.5. The fourth-order valence-corrected chi connectivity index (χ4v) is 6.11. The Bertz CT molecular complexity index is 1590. The van der Waals surface area contributed by atoms with Gasteiger partial charge in [-0.2, -0.15) is 0 Å². The molecule has 4 aromatic rings. The first kappa shape index (κ1) is 25.2. The van der Waals surface area contributed by atoms with Crippen LogP contribution in [0.5, 0.6) is 5.75 Å². The van der Waals surface area contributed by atoms with Gasteiger partial charge in [0.25, 0.3) is 10.0 Å². The van der Waals surface area contributed by atoms with E-state index in [9.17, 15) is 8.42 Å². The van der Waals surface area contributed by atoms with E-state index < -0.39 is 15.8 Å². The molecular formula is C25H26ClFN6O3S. The van der Waals surface area contributed by atoms with Crippen molar-refractivity contribution in [3.05, 3.63) is 59.8 Å². The van der Waals surface area contributed by atoms with Gasteiger partial charge in [-0.3, -0.25) is 4.72 Å². The molecule has 3 heterocycles. The zero-order valence-electron chi connectivity index (χ0n) is 20.3. The van der Waals surface area contributed by atoms with Gasteiger partial charge in [0.05, 0.1) is 28.1 Å². The number of nitrogens with one attached hydrogen (secondary N) is 1. The van der Waals surface area contributed by atoms with Crippen molar-refractivity contribution >= 4 is 44.2 Å². The summed E-state index contributed by atoms with van der Waals surface area (Å²) in [6.45, 7) is 1.86. The summed E-state index contributed by atoms with van der Waals surface area (Å²) in [5, 5.41) is 0.652. The lowest BCUT2D eigenvalue weighted by Crippen LogP contribution is -2.31. The highest BCUT2D eigenvalue weighted by molar-refractivity contribution is 7.92. The third-order valence-corrected chi connectivity index (χ3v) is 8.35. The van der Waals surface area contributed by atoms with Gasteiger partial charge in [-0.1, -0.05) is 23.7 Å². The molecular weight excluding hydrogens is 519 g/mol. The van der Waals surface area contributed by atoms with Gasteiger partial charge in [-0.25, -0.2) is 22.8 Å². The largest absolute Gasteiger partial charge is 0.495 e. The number of hydrogen-bond donors (Lipinski definition) is 2. The summed E-state index contributed by atoms with van der Waals surface area (Å²) in [6.07, 6.45) is 5.06. The summed E-state index contributed by atoms with van der Waals surface area (Å²) in [7, 11) is -0.632. The molecule has 194 valence electrons. The van der Waals surface area contributed by atoms with Crippen molar-refractivity contribution in [2.75, 3.05) is 37.7 Å². The highest BCUT2D eigenvalue weighted by Crippen LogP contribution is 2.39. The second-order valence-electron chi connectivity index (χ2n) is 9.01. The standard InChI is InChI=1S/C25H26ClFN6O3S/c1-32-10-8-15(9-11-32)33-13-18(22-24(28)29-14-30-25(22)33)17-4-3-5-20(23(17)27)31-37(34,35)16-6-7-21(36-2)19(26)12-16/h3-7,12-15,31H,8-11H2,1-2H3,(H2,28,29,30). The summed E-state index contributed by atoms with van der Waals surface area (Å²) in [5.74, 6) is -0.184. The first-order valence-electron chi connectivity index (χ1n) is 11.6. The summed E-state index contributed by atoms with van der Waals surface area (Å²) >= 11 is 6.10. The predicted octanol–water partition coefficient (Wildman–Crippen LogP) is 4.55. The van der Waals surface area contributed by atoms with Crippen molar-refractivity contribution in [3.8, 4) is 16.9 Å². The van der Waals surface area contributed by atoms with Gasteiger partial charge < -0.3 is 19.9 Å². The van der Waals surface area contributed by atoms with Crippen LogP contribution in [0.15, 0.2) is 53.8 Å². The number of ether oxygens (including phenoxy) is 1. The minimum atomic E-state index is -4.14. The average Bonchev–Trinajstić information content (AvgIpc) is 3.26. The summed E-state index contributed by atoms with van der Waals surface area (Å²) < 4.78 is 51.4. The predicted molar refractivity (Wildman–Crippen MR) is 142 cm³/mol. The molecule has 0 unspecified atom stereocenters. The number of halogens is 2. The summed E-state index contributed by atoms with van der Waals surface area (Å²) in [5.41, 5.74) is 7.33. The Hall–Kier alpha value is -3.41. The summed E-state index contributed by atoms with van der Waals surface area (Å²) in [4.78, 5) is 10.7. The minimum Gasteiger partial charge on any atom is -0.495 e. The number of piperidine rings is 1. The second-order valence-corrected chi connectivity index (χ2v) is 11.1. The molecule has 0 amide bonds. The second kappa shape index (κ2) is 9.81. The Labute approximate surface area is 219 Å². The van der Waals surface area contributed by atoms with E-state index in [1.54, 1.807) is 12.1 Å².